The molecule has 2 aromatic heterocycles. The highest BCUT2D eigenvalue weighted by Crippen LogP contribution is 2.39. The van der Waals surface area contributed by atoms with Crippen molar-refractivity contribution in [2.45, 2.75) is 6.54 Å². The molecule has 2 bridgehead atoms. The zero-order chi connectivity index (χ0) is 11.4. The summed E-state index contributed by atoms with van der Waals surface area (Å²) in [6.45, 7) is 0.261. The van der Waals surface area contributed by atoms with Gasteiger partial charge in [0.1, 0.15) is 5.58 Å². The molecule has 2 aromatic rings. The standard InChI is InChI=1S/C10H9N3O3/c11-5-1-6-8-4(9(5)16-6)2-13(10(8)15)3-7(12)14/h1H,2-3,11H2,(H2,12,14). The predicted molar refractivity (Wildman–Crippen MR) is 55.7 cm³/mol. The summed E-state index contributed by atoms with van der Waals surface area (Å²) in [5.74, 6) is -0.749. The quantitative estimate of drug-likeness (QED) is 0.688. The van der Waals surface area contributed by atoms with Crippen molar-refractivity contribution >= 4 is 28.7 Å². The summed E-state index contributed by atoms with van der Waals surface area (Å²) in [5, 5.41) is 0. The number of fused-ring (bicyclic) bond motifs is 5. The highest BCUT2D eigenvalue weighted by molar-refractivity contribution is 6.10. The summed E-state index contributed by atoms with van der Waals surface area (Å²) < 4.78 is 5.35. The summed E-state index contributed by atoms with van der Waals surface area (Å²) >= 11 is 0. The number of hydrogen-bond acceptors (Lipinski definition) is 4. The fourth-order valence-corrected chi connectivity index (χ4v) is 2.15. The second kappa shape index (κ2) is 2.66. The SMILES string of the molecule is NC(=O)CN1Cc2c(c3cc(N)c2o3)C1=O. The molecule has 0 saturated heterocycles. The summed E-state index contributed by atoms with van der Waals surface area (Å²) in [4.78, 5) is 24.1. The number of nitrogens with two attached hydrogens (primary N) is 2. The molecule has 0 spiro atoms. The number of nitrogen functional groups attached to an aromatic ring is 1. The topological polar surface area (TPSA) is 103 Å². The molecule has 3 rings (SSSR count). The molecule has 1 aliphatic heterocycles. The molecular formula is C10H9N3O3. The number of anilines is 1. The molecule has 6 nitrogen and oxygen atoms in total. The van der Waals surface area contributed by atoms with Gasteiger partial charge in [0.15, 0.2) is 5.58 Å². The third-order valence-corrected chi connectivity index (χ3v) is 2.78. The Labute approximate surface area is 90.1 Å². The Morgan fingerprint density at radius 1 is 1.56 bits per heavy atom. The van der Waals surface area contributed by atoms with E-state index in [9.17, 15) is 9.59 Å². The highest BCUT2D eigenvalue weighted by atomic mass is 16.3. The van der Waals surface area contributed by atoms with Gasteiger partial charge in [-0.15, -0.1) is 0 Å². The molecule has 3 heterocycles. The van der Waals surface area contributed by atoms with Gasteiger partial charge in [-0.1, -0.05) is 0 Å². The van der Waals surface area contributed by atoms with Crippen molar-refractivity contribution in [3.05, 3.63) is 17.2 Å². The summed E-state index contributed by atoms with van der Waals surface area (Å²) in [6.07, 6.45) is 0. The van der Waals surface area contributed by atoms with Gasteiger partial charge in [-0.2, -0.15) is 0 Å². The van der Waals surface area contributed by atoms with Crippen molar-refractivity contribution in [1.82, 2.24) is 4.90 Å². The van der Waals surface area contributed by atoms with Crippen LogP contribution in [0.2, 0.25) is 0 Å². The number of furan rings is 2. The molecule has 0 aliphatic carbocycles. The maximum atomic E-state index is 11.9. The summed E-state index contributed by atoms with van der Waals surface area (Å²) in [5.41, 5.74) is 13.6. The number of carbonyl (C=O) groups excluding carboxylic acids is 2. The van der Waals surface area contributed by atoms with Gasteiger partial charge >= 0.3 is 0 Å². The van der Waals surface area contributed by atoms with Crippen LogP contribution in [0.3, 0.4) is 0 Å². The third kappa shape index (κ3) is 0.955. The molecule has 0 saturated carbocycles. The van der Waals surface area contributed by atoms with Crippen LogP contribution in [0.1, 0.15) is 15.9 Å². The van der Waals surface area contributed by atoms with Gasteiger partial charge < -0.3 is 20.8 Å². The van der Waals surface area contributed by atoms with Crippen LogP contribution in [0.25, 0.3) is 11.2 Å². The van der Waals surface area contributed by atoms with Crippen LogP contribution in [0.15, 0.2) is 10.5 Å². The van der Waals surface area contributed by atoms with E-state index < -0.39 is 5.91 Å². The molecular weight excluding hydrogens is 210 g/mol. The number of nitrogens with zero attached hydrogens (tertiary/aromatic N) is 1. The number of carbonyl (C=O) groups is 2. The molecule has 1 aliphatic rings. The lowest BCUT2D eigenvalue weighted by molar-refractivity contribution is -0.118. The zero-order valence-electron chi connectivity index (χ0n) is 8.32. The molecule has 6 heteroatoms. The van der Waals surface area contributed by atoms with E-state index in [1.165, 1.54) is 4.90 Å². The molecule has 0 fully saturated rings. The van der Waals surface area contributed by atoms with Crippen molar-refractivity contribution in [2.24, 2.45) is 5.73 Å². The summed E-state index contributed by atoms with van der Waals surface area (Å²) in [6, 6.07) is 1.62. The first-order chi connectivity index (χ1) is 7.58. The van der Waals surface area contributed by atoms with Gasteiger partial charge in [0, 0.05) is 11.6 Å². The van der Waals surface area contributed by atoms with E-state index in [0.29, 0.717) is 29.0 Å². The maximum absolute atomic E-state index is 11.9. The Morgan fingerprint density at radius 3 is 3.00 bits per heavy atom. The van der Waals surface area contributed by atoms with Crippen molar-refractivity contribution in [1.29, 1.82) is 0 Å². The minimum absolute atomic E-state index is 0.0771. The van der Waals surface area contributed by atoms with Gasteiger partial charge in [-0.3, -0.25) is 9.59 Å². The third-order valence-electron chi connectivity index (χ3n) is 2.78. The number of rotatable bonds is 2. The van der Waals surface area contributed by atoms with Crippen LogP contribution in [-0.2, 0) is 11.3 Å². The number of hydrogen-bond donors (Lipinski definition) is 2. The first-order valence-corrected chi connectivity index (χ1v) is 4.78. The van der Waals surface area contributed by atoms with Crippen LogP contribution in [0.4, 0.5) is 5.69 Å². The van der Waals surface area contributed by atoms with Gasteiger partial charge in [0.25, 0.3) is 5.91 Å². The minimum atomic E-state index is -0.529. The first kappa shape index (κ1) is 9.02. The van der Waals surface area contributed by atoms with Crippen LogP contribution in [0, 0.1) is 0 Å². The second-order valence-electron chi connectivity index (χ2n) is 3.88. The van der Waals surface area contributed by atoms with Gasteiger partial charge in [-0.05, 0) is 0 Å². The normalized spacial score (nSPS) is 15.0. The van der Waals surface area contributed by atoms with Gasteiger partial charge in [0.05, 0.1) is 24.3 Å². The number of benzene rings is 1. The average Bonchev–Trinajstić information content (AvgIpc) is 2.78. The Kier molecular flexibility index (Phi) is 1.50. The Balaban J connectivity index is 2.06. The van der Waals surface area contributed by atoms with E-state index >= 15 is 0 Å². The van der Waals surface area contributed by atoms with Crippen molar-refractivity contribution in [3.8, 4) is 0 Å². The first-order valence-electron chi connectivity index (χ1n) is 4.78. The van der Waals surface area contributed by atoms with Gasteiger partial charge in [0.2, 0.25) is 5.91 Å². The Hall–Kier alpha value is -2.24. The zero-order valence-corrected chi connectivity index (χ0v) is 8.32. The average molecular weight is 219 g/mol. The van der Waals surface area contributed by atoms with Crippen molar-refractivity contribution < 1.29 is 14.0 Å². The van der Waals surface area contributed by atoms with E-state index in [1.807, 2.05) is 0 Å². The molecule has 0 aromatic carbocycles. The molecule has 0 atom stereocenters. The molecule has 0 unspecified atom stereocenters. The highest BCUT2D eigenvalue weighted by Gasteiger charge is 2.36. The van der Waals surface area contributed by atoms with E-state index in [4.69, 9.17) is 15.9 Å². The van der Waals surface area contributed by atoms with E-state index in [-0.39, 0.29) is 12.5 Å². The molecule has 0 radical (unpaired) electrons. The number of primary amides is 1. The predicted octanol–water partition coefficient (Wildman–Crippen LogP) is -0.106. The molecule has 4 N–H and O–H groups in total. The van der Waals surface area contributed by atoms with E-state index in [1.54, 1.807) is 6.07 Å². The smallest absolute Gasteiger partial charge is 0.258 e. The van der Waals surface area contributed by atoms with Crippen LogP contribution in [-0.4, -0.2) is 23.3 Å². The lowest BCUT2D eigenvalue weighted by atomic mass is 10.1. The van der Waals surface area contributed by atoms with E-state index in [0.717, 1.165) is 5.56 Å². The van der Waals surface area contributed by atoms with Crippen LogP contribution >= 0.6 is 0 Å². The van der Waals surface area contributed by atoms with Gasteiger partial charge in [-0.25, -0.2) is 0 Å². The monoisotopic (exact) mass is 219 g/mol. The fraction of sp³-hybridized carbons (Fsp3) is 0.200. The second-order valence-corrected chi connectivity index (χ2v) is 3.88. The fourth-order valence-electron chi connectivity index (χ4n) is 2.15. The lowest BCUT2D eigenvalue weighted by Gasteiger charge is -2.12. The molecule has 82 valence electrons. The Bertz CT molecular complexity index is 601. The van der Waals surface area contributed by atoms with E-state index in [2.05, 4.69) is 0 Å². The van der Waals surface area contributed by atoms with Crippen molar-refractivity contribution in [2.75, 3.05) is 12.3 Å². The molecule has 16 heavy (non-hydrogen) atoms. The lowest BCUT2D eigenvalue weighted by Crippen LogP contribution is -2.33. The van der Waals surface area contributed by atoms with Crippen molar-refractivity contribution in [3.63, 3.8) is 0 Å². The number of amides is 2. The molecule has 2 amide bonds. The minimum Gasteiger partial charge on any atom is -0.454 e. The van der Waals surface area contributed by atoms with Crippen LogP contribution in [0.5, 0.6) is 0 Å². The summed E-state index contributed by atoms with van der Waals surface area (Å²) in [7, 11) is 0. The Morgan fingerprint density at radius 2 is 2.31 bits per heavy atom. The largest absolute Gasteiger partial charge is 0.454 e. The van der Waals surface area contributed by atoms with Crippen LogP contribution < -0.4 is 11.5 Å². The maximum Gasteiger partial charge on any atom is 0.258 e.